The molecule has 1 heterocycles. The summed E-state index contributed by atoms with van der Waals surface area (Å²) >= 11 is 0. The molecule has 1 aromatic rings. The van der Waals surface area contributed by atoms with Crippen LogP contribution in [0.15, 0.2) is 29.3 Å². The zero-order valence-electron chi connectivity index (χ0n) is 14.5. The Morgan fingerprint density at radius 3 is 2.54 bits per heavy atom. The maximum atomic E-state index is 11.5. The Morgan fingerprint density at radius 2 is 2.00 bits per heavy atom. The molecule has 3 N–H and O–H groups in total. The number of amides is 1. The number of rotatable bonds is 5. The second-order valence-electron chi connectivity index (χ2n) is 5.96. The van der Waals surface area contributed by atoms with Gasteiger partial charge < -0.3 is 20.7 Å². The minimum atomic E-state index is -0.104. The molecule has 1 fully saturated rings. The van der Waals surface area contributed by atoms with Crippen LogP contribution in [0.4, 0.5) is 0 Å². The number of halogens is 1. The largest absolute Gasteiger partial charge is 0.373 e. The smallest absolute Gasteiger partial charge is 0.251 e. The van der Waals surface area contributed by atoms with Crippen LogP contribution in [0.1, 0.15) is 35.7 Å². The van der Waals surface area contributed by atoms with E-state index in [1.54, 1.807) is 14.1 Å². The summed E-state index contributed by atoms with van der Waals surface area (Å²) in [5.74, 6) is 0.670. The van der Waals surface area contributed by atoms with Crippen LogP contribution in [0.3, 0.4) is 0 Å². The summed E-state index contributed by atoms with van der Waals surface area (Å²) in [6.07, 6.45) is 2.18. The van der Waals surface area contributed by atoms with E-state index >= 15 is 0 Å². The van der Waals surface area contributed by atoms with Crippen molar-refractivity contribution in [2.24, 2.45) is 4.99 Å². The highest BCUT2D eigenvalue weighted by molar-refractivity contribution is 14.0. The summed E-state index contributed by atoms with van der Waals surface area (Å²) in [4.78, 5) is 15.7. The van der Waals surface area contributed by atoms with Gasteiger partial charge in [0.05, 0.1) is 5.60 Å². The van der Waals surface area contributed by atoms with E-state index in [0.717, 1.165) is 37.5 Å². The third kappa shape index (κ3) is 5.94. The molecule has 0 aliphatic carbocycles. The first-order chi connectivity index (χ1) is 11.1. The van der Waals surface area contributed by atoms with Crippen molar-refractivity contribution in [3.8, 4) is 0 Å². The number of guanidine groups is 1. The average Bonchev–Trinajstić information content (AvgIpc) is 3.01. The SMILES string of the molecule is CN=C(NCc1ccc(C(=O)NC)cc1)NCC1(C)CCCO1.I. The molecule has 0 aromatic heterocycles. The van der Waals surface area contributed by atoms with Crippen LogP contribution in [-0.2, 0) is 11.3 Å². The lowest BCUT2D eigenvalue weighted by molar-refractivity contribution is 0.0243. The quantitative estimate of drug-likeness (QED) is 0.367. The van der Waals surface area contributed by atoms with Crippen LogP contribution in [-0.4, -0.2) is 44.7 Å². The number of ether oxygens (including phenoxy) is 1. The first-order valence-electron chi connectivity index (χ1n) is 7.96. The van der Waals surface area contributed by atoms with E-state index in [1.807, 2.05) is 24.3 Å². The molecule has 1 aromatic carbocycles. The predicted molar refractivity (Wildman–Crippen MR) is 107 cm³/mol. The molecular weight excluding hydrogens is 419 g/mol. The second kappa shape index (κ2) is 9.83. The first-order valence-corrected chi connectivity index (χ1v) is 7.96. The second-order valence-corrected chi connectivity index (χ2v) is 5.96. The van der Waals surface area contributed by atoms with Crippen molar-refractivity contribution in [1.82, 2.24) is 16.0 Å². The number of benzene rings is 1. The molecule has 24 heavy (non-hydrogen) atoms. The van der Waals surface area contributed by atoms with Gasteiger partial charge in [0.2, 0.25) is 0 Å². The van der Waals surface area contributed by atoms with Crippen molar-refractivity contribution < 1.29 is 9.53 Å². The number of hydrogen-bond acceptors (Lipinski definition) is 3. The Morgan fingerprint density at radius 1 is 1.29 bits per heavy atom. The fourth-order valence-electron chi connectivity index (χ4n) is 2.57. The molecule has 0 bridgehead atoms. The highest BCUT2D eigenvalue weighted by Gasteiger charge is 2.29. The van der Waals surface area contributed by atoms with E-state index in [9.17, 15) is 4.79 Å². The number of carbonyl (C=O) groups excluding carboxylic acids is 1. The highest BCUT2D eigenvalue weighted by atomic mass is 127. The lowest BCUT2D eigenvalue weighted by Crippen LogP contribution is -2.45. The van der Waals surface area contributed by atoms with Crippen molar-refractivity contribution in [3.05, 3.63) is 35.4 Å². The Balaban J connectivity index is 0.00000288. The first kappa shape index (κ1) is 20.7. The summed E-state index contributed by atoms with van der Waals surface area (Å²) < 4.78 is 5.76. The van der Waals surface area contributed by atoms with Gasteiger partial charge >= 0.3 is 0 Å². The number of hydrogen-bond donors (Lipinski definition) is 3. The van der Waals surface area contributed by atoms with Crippen molar-refractivity contribution in [2.75, 3.05) is 27.2 Å². The monoisotopic (exact) mass is 446 g/mol. The van der Waals surface area contributed by atoms with Crippen LogP contribution in [0.25, 0.3) is 0 Å². The summed E-state index contributed by atoms with van der Waals surface area (Å²) in [5.41, 5.74) is 1.64. The zero-order chi connectivity index (χ0) is 16.7. The van der Waals surface area contributed by atoms with Gasteiger partial charge in [0, 0.05) is 39.4 Å². The molecule has 0 radical (unpaired) electrons. The minimum Gasteiger partial charge on any atom is -0.373 e. The molecule has 1 unspecified atom stereocenters. The molecule has 6 nitrogen and oxygen atoms in total. The number of carbonyl (C=O) groups is 1. The molecule has 134 valence electrons. The molecule has 7 heteroatoms. The molecule has 1 aliphatic heterocycles. The summed E-state index contributed by atoms with van der Waals surface area (Å²) in [6.45, 7) is 4.34. The lowest BCUT2D eigenvalue weighted by Gasteiger charge is -2.24. The van der Waals surface area contributed by atoms with Gasteiger partial charge in [0.25, 0.3) is 5.91 Å². The molecule has 2 rings (SSSR count). The Labute approximate surface area is 160 Å². The maximum absolute atomic E-state index is 11.5. The Bertz CT molecular complexity index is 554. The Hall–Kier alpha value is -1.35. The average molecular weight is 446 g/mol. The highest BCUT2D eigenvalue weighted by Crippen LogP contribution is 2.23. The van der Waals surface area contributed by atoms with Gasteiger partial charge in [0.1, 0.15) is 0 Å². The van der Waals surface area contributed by atoms with E-state index in [2.05, 4.69) is 27.9 Å². The summed E-state index contributed by atoms with van der Waals surface area (Å²) in [5, 5.41) is 9.19. The Kier molecular flexibility index (Phi) is 8.47. The fraction of sp³-hybridized carbons (Fsp3) is 0.529. The van der Waals surface area contributed by atoms with E-state index < -0.39 is 0 Å². The van der Waals surface area contributed by atoms with Gasteiger partial charge in [0.15, 0.2) is 5.96 Å². The topological polar surface area (TPSA) is 74.8 Å². The van der Waals surface area contributed by atoms with E-state index in [1.165, 1.54) is 0 Å². The molecule has 1 atom stereocenters. The summed E-state index contributed by atoms with van der Waals surface area (Å²) in [6, 6.07) is 7.51. The van der Waals surface area contributed by atoms with Crippen LogP contribution in [0, 0.1) is 0 Å². The number of aliphatic imine (C=N–C) groups is 1. The van der Waals surface area contributed by atoms with Gasteiger partial charge in [-0.2, -0.15) is 0 Å². The van der Waals surface area contributed by atoms with Crippen LogP contribution in [0.5, 0.6) is 0 Å². The number of nitrogens with zero attached hydrogens (tertiary/aromatic N) is 1. The van der Waals surface area contributed by atoms with Gasteiger partial charge in [-0.3, -0.25) is 9.79 Å². The van der Waals surface area contributed by atoms with Crippen molar-refractivity contribution >= 4 is 35.8 Å². The van der Waals surface area contributed by atoms with Crippen LogP contribution >= 0.6 is 24.0 Å². The molecule has 1 saturated heterocycles. The van der Waals surface area contributed by atoms with Crippen molar-refractivity contribution in [2.45, 2.75) is 31.9 Å². The van der Waals surface area contributed by atoms with Crippen LogP contribution in [0.2, 0.25) is 0 Å². The third-order valence-electron chi connectivity index (χ3n) is 4.06. The molecule has 1 aliphatic rings. The standard InChI is InChI=1S/C17H26N4O2.HI/c1-17(9-4-10-23-17)12-21-16(19-3)20-11-13-5-7-14(8-6-13)15(22)18-2;/h5-8H,4,9-12H2,1-3H3,(H,18,22)(H2,19,20,21);1H. The number of nitrogens with one attached hydrogen (secondary N) is 3. The van der Waals surface area contributed by atoms with Crippen molar-refractivity contribution in [1.29, 1.82) is 0 Å². The zero-order valence-corrected chi connectivity index (χ0v) is 16.8. The van der Waals surface area contributed by atoms with Gasteiger partial charge in [-0.05, 0) is 37.5 Å². The third-order valence-corrected chi connectivity index (χ3v) is 4.06. The van der Waals surface area contributed by atoms with E-state index in [0.29, 0.717) is 12.1 Å². The molecule has 0 spiro atoms. The maximum Gasteiger partial charge on any atom is 0.251 e. The lowest BCUT2D eigenvalue weighted by atomic mass is 10.0. The molecular formula is C17H27IN4O2. The van der Waals surface area contributed by atoms with Gasteiger partial charge in [-0.15, -0.1) is 24.0 Å². The van der Waals surface area contributed by atoms with Gasteiger partial charge in [-0.25, -0.2) is 0 Å². The fourth-order valence-corrected chi connectivity index (χ4v) is 2.57. The van der Waals surface area contributed by atoms with E-state index in [4.69, 9.17) is 4.74 Å². The van der Waals surface area contributed by atoms with Crippen LogP contribution < -0.4 is 16.0 Å². The van der Waals surface area contributed by atoms with Gasteiger partial charge in [-0.1, -0.05) is 12.1 Å². The van der Waals surface area contributed by atoms with Crippen molar-refractivity contribution in [3.63, 3.8) is 0 Å². The summed E-state index contributed by atoms with van der Waals surface area (Å²) in [7, 11) is 3.38. The predicted octanol–water partition coefficient (Wildman–Crippen LogP) is 1.90. The molecule has 0 saturated carbocycles. The normalized spacial score (nSPS) is 20.2. The van der Waals surface area contributed by atoms with E-state index in [-0.39, 0.29) is 35.5 Å². The minimum absolute atomic E-state index is 0. The molecule has 1 amide bonds.